The van der Waals surface area contributed by atoms with E-state index in [1.54, 1.807) is 30.3 Å². The van der Waals surface area contributed by atoms with Crippen molar-refractivity contribution in [3.8, 4) is 0 Å². The molecule has 0 aromatic heterocycles. The lowest BCUT2D eigenvalue weighted by Crippen LogP contribution is -2.08. The molecular formula is C16H15ClFNO2. The molecule has 1 atom stereocenters. The molecule has 0 heterocycles. The van der Waals surface area contributed by atoms with Gasteiger partial charge in [-0.05, 0) is 42.8 Å². The summed E-state index contributed by atoms with van der Waals surface area (Å²) in [6.45, 7) is 1.94. The van der Waals surface area contributed by atoms with Crippen LogP contribution in [0.15, 0.2) is 42.5 Å². The number of nitrogens with one attached hydrogen (secondary N) is 1. The fraction of sp³-hybridized carbons (Fsp3) is 0.188. The minimum absolute atomic E-state index is 0.0442. The van der Waals surface area contributed by atoms with E-state index in [-0.39, 0.29) is 11.9 Å². The number of benzene rings is 2. The van der Waals surface area contributed by atoms with Crippen LogP contribution in [0.5, 0.6) is 0 Å². The van der Waals surface area contributed by atoms with Crippen LogP contribution in [0.3, 0.4) is 0 Å². The molecular weight excluding hydrogens is 293 g/mol. The standard InChI is InChI=1S/C16H15ClFNO2/c1-10(11-3-5-12(18)6-4-11)19-13-7-8-15(17)14(9-13)16(20)21-2/h3-10,19H,1-2H3. The Kier molecular flexibility index (Phi) is 4.81. The lowest BCUT2D eigenvalue weighted by atomic mass is 10.1. The van der Waals surface area contributed by atoms with E-state index in [0.29, 0.717) is 10.6 Å². The van der Waals surface area contributed by atoms with Crippen molar-refractivity contribution >= 4 is 23.3 Å². The highest BCUT2D eigenvalue weighted by Gasteiger charge is 2.13. The third-order valence-corrected chi connectivity index (χ3v) is 3.45. The van der Waals surface area contributed by atoms with Crippen LogP contribution < -0.4 is 5.32 Å². The normalized spacial score (nSPS) is 11.8. The summed E-state index contributed by atoms with van der Waals surface area (Å²) in [5.41, 5.74) is 1.97. The van der Waals surface area contributed by atoms with E-state index in [1.807, 2.05) is 6.92 Å². The number of rotatable bonds is 4. The number of anilines is 1. The molecule has 3 nitrogen and oxygen atoms in total. The third-order valence-electron chi connectivity index (χ3n) is 3.12. The van der Waals surface area contributed by atoms with Gasteiger partial charge in [-0.2, -0.15) is 0 Å². The van der Waals surface area contributed by atoms with E-state index < -0.39 is 5.97 Å². The summed E-state index contributed by atoms with van der Waals surface area (Å²) >= 11 is 5.97. The molecule has 2 rings (SSSR count). The molecule has 0 fully saturated rings. The molecule has 21 heavy (non-hydrogen) atoms. The Bertz CT molecular complexity index is 643. The smallest absolute Gasteiger partial charge is 0.339 e. The zero-order chi connectivity index (χ0) is 15.4. The Morgan fingerprint density at radius 2 is 1.90 bits per heavy atom. The predicted molar refractivity (Wildman–Crippen MR) is 81.2 cm³/mol. The maximum absolute atomic E-state index is 12.9. The maximum Gasteiger partial charge on any atom is 0.339 e. The van der Waals surface area contributed by atoms with Gasteiger partial charge >= 0.3 is 5.97 Å². The third kappa shape index (κ3) is 3.73. The van der Waals surface area contributed by atoms with Crippen LogP contribution in [0.2, 0.25) is 5.02 Å². The fourth-order valence-electron chi connectivity index (χ4n) is 1.97. The van der Waals surface area contributed by atoms with Crippen molar-refractivity contribution in [3.63, 3.8) is 0 Å². The summed E-state index contributed by atoms with van der Waals surface area (Å²) in [6.07, 6.45) is 0. The van der Waals surface area contributed by atoms with Gasteiger partial charge in [-0.15, -0.1) is 0 Å². The van der Waals surface area contributed by atoms with Crippen LogP contribution in [0, 0.1) is 5.82 Å². The number of hydrogen-bond donors (Lipinski definition) is 1. The molecule has 110 valence electrons. The van der Waals surface area contributed by atoms with E-state index in [4.69, 9.17) is 11.6 Å². The Labute approximate surface area is 127 Å². The first-order valence-corrected chi connectivity index (χ1v) is 6.79. The van der Waals surface area contributed by atoms with Crippen molar-refractivity contribution in [3.05, 3.63) is 64.4 Å². The minimum Gasteiger partial charge on any atom is -0.465 e. The van der Waals surface area contributed by atoms with E-state index in [0.717, 1.165) is 11.3 Å². The van der Waals surface area contributed by atoms with Crippen LogP contribution in [0.1, 0.15) is 28.9 Å². The molecule has 0 radical (unpaired) electrons. The molecule has 0 saturated heterocycles. The fourth-order valence-corrected chi connectivity index (χ4v) is 2.16. The lowest BCUT2D eigenvalue weighted by molar-refractivity contribution is 0.0601. The van der Waals surface area contributed by atoms with Crippen LogP contribution in [-0.4, -0.2) is 13.1 Å². The minimum atomic E-state index is -0.488. The quantitative estimate of drug-likeness (QED) is 0.849. The van der Waals surface area contributed by atoms with E-state index in [1.165, 1.54) is 19.2 Å². The van der Waals surface area contributed by atoms with Crippen molar-refractivity contribution in [2.24, 2.45) is 0 Å². The highest BCUT2D eigenvalue weighted by atomic mass is 35.5. The molecule has 0 amide bonds. The topological polar surface area (TPSA) is 38.3 Å². The second kappa shape index (κ2) is 6.59. The van der Waals surface area contributed by atoms with Gasteiger partial charge < -0.3 is 10.1 Å². The van der Waals surface area contributed by atoms with Crippen LogP contribution in [0.25, 0.3) is 0 Å². The van der Waals surface area contributed by atoms with E-state index >= 15 is 0 Å². The van der Waals surface area contributed by atoms with Crippen molar-refractivity contribution in [2.75, 3.05) is 12.4 Å². The highest BCUT2D eigenvalue weighted by molar-refractivity contribution is 6.33. The number of carbonyl (C=O) groups is 1. The number of esters is 1. The second-order valence-electron chi connectivity index (χ2n) is 4.60. The van der Waals surface area contributed by atoms with Crippen molar-refractivity contribution in [2.45, 2.75) is 13.0 Å². The number of ether oxygens (including phenoxy) is 1. The summed E-state index contributed by atoms with van der Waals surface area (Å²) in [6, 6.07) is 11.2. The van der Waals surface area contributed by atoms with E-state index in [2.05, 4.69) is 10.1 Å². The van der Waals surface area contributed by atoms with Gasteiger partial charge in [0.2, 0.25) is 0 Å². The average Bonchev–Trinajstić information content (AvgIpc) is 2.49. The van der Waals surface area contributed by atoms with Gasteiger partial charge in [0.05, 0.1) is 17.7 Å². The monoisotopic (exact) mass is 307 g/mol. The number of methoxy groups -OCH3 is 1. The first-order valence-electron chi connectivity index (χ1n) is 6.41. The van der Waals surface area contributed by atoms with Gasteiger partial charge in [0.1, 0.15) is 5.82 Å². The molecule has 2 aromatic carbocycles. The molecule has 0 aliphatic carbocycles. The summed E-state index contributed by atoms with van der Waals surface area (Å²) in [7, 11) is 1.31. The molecule has 0 aliphatic heterocycles. The number of hydrogen-bond acceptors (Lipinski definition) is 3. The lowest BCUT2D eigenvalue weighted by Gasteiger charge is -2.16. The number of carbonyl (C=O) groups excluding carboxylic acids is 1. The van der Waals surface area contributed by atoms with Gasteiger partial charge in [0, 0.05) is 11.7 Å². The van der Waals surface area contributed by atoms with Gasteiger partial charge in [-0.25, -0.2) is 9.18 Å². The average molecular weight is 308 g/mol. The molecule has 5 heteroatoms. The molecule has 1 unspecified atom stereocenters. The maximum atomic E-state index is 12.9. The largest absolute Gasteiger partial charge is 0.465 e. The second-order valence-corrected chi connectivity index (χ2v) is 5.01. The zero-order valence-electron chi connectivity index (χ0n) is 11.7. The Morgan fingerprint density at radius 3 is 2.52 bits per heavy atom. The zero-order valence-corrected chi connectivity index (χ0v) is 12.4. The van der Waals surface area contributed by atoms with Crippen LogP contribution in [-0.2, 0) is 4.74 Å². The van der Waals surface area contributed by atoms with E-state index in [9.17, 15) is 9.18 Å². The van der Waals surface area contributed by atoms with Gasteiger partial charge in [0.25, 0.3) is 0 Å². The van der Waals surface area contributed by atoms with Crippen LogP contribution >= 0.6 is 11.6 Å². The van der Waals surface area contributed by atoms with Gasteiger partial charge in [-0.3, -0.25) is 0 Å². The SMILES string of the molecule is COC(=O)c1cc(NC(C)c2ccc(F)cc2)ccc1Cl. The van der Waals surface area contributed by atoms with Crippen LogP contribution in [0.4, 0.5) is 10.1 Å². The molecule has 2 aromatic rings. The predicted octanol–water partition coefficient (Wildman–Crippen LogP) is 4.44. The van der Waals surface area contributed by atoms with Crippen molar-refractivity contribution < 1.29 is 13.9 Å². The molecule has 0 bridgehead atoms. The summed E-state index contributed by atoms with van der Waals surface area (Å²) < 4.78 is 17.6. The van der Waals surface area contributed by atoms with Crippen molar-refractivity contribution in [1.29, 1.82) is 0 Å². The Hall–Kier alpha value is -2.07. The number of halogens is 2. The molecule has 1 N–H and O–H groups in total. The Morgan fingerprint density at radius 1 is 1.24 bits per heavy atom. The highest BCUT2D eigenvalue weighted by Crippen LogP contribution is 2.25. The molecule has 0 aliphatic rings. The Balaban J connectivity index is 2.19. The summed E-state index contributed by atoms with van der Waals surface area (Å²) in [5, 5.41) is 3.57. The summed E-state index contributed by atoms with van der Waals surface area (Å²) in [5.74, 6) is -0.761. The van der Waals surface area contributed by atoms with Crippen molar-refractivity contribution in [1.82, 2.24) is 0 Å². The molecule has 0 spiro atoms. The van der Waals surface area contributed by atoms with Gasteiger partial charge in [0.15, 0.2) is 0 Å². The first kappa shape index (κ1) is 15.3. The van der Waals surface area contributed by atoms with Gasteiger partial charge in [-0.1, -0.05) is 23.7 Å². The summed E-state index contributed by atoms with van der Waals surface area (Å²) in [4.78, 5) is 11.6. The first-order chi connectivity index (χ1) is 10.0. The molecule has 0 saturated carbocycles.